The first kappa shape index (κ1) is 17.3. The predicted molar refractivity (Wildman–Crippen MR) is 66.9 cm³/mol. The molecule has 0 fully saturated rings. The van der Waals surface area contributed by atoms with E-state index >= 15 is 0 Å². The number of rotatable bonds is 13. The first-order valence-corrected chi connectivity index (χ1v) is 6.53. The quantitative estimate of drug-likeness (QED) is 0.168. The van der Waals surface area contributed by atoms with E-state index in [9.17, 15) is 19.7 Å². The molecule has 0 radical (unpaired) electrons. The van der Waals surface area contributed by atoms with Gasteiger partial charge < -0.3 is 14.4 Å². The van der Waals surface area contributed by atoms with Gasteiger partial charge in [-0.3, -0.25) is 4.79 Å². The van der Waals surface area contributed by atoms with Crippen LogP contribution in [-0.4, -0.2) is 30.6 Å². The molecule has 0 unspecified atom stereocenters. The summed E-state index contributed by atoms with van der Waals surface area (Å²) < 4.78 is 5.00. The van der Waals surface area contributed by atoms with Crippen LogP contribution in [-0.2, 0) is 19.2 Å². The molecule has 19 heavy (non-hydrogen) atoms. The second-order valence-electron chi connectivity index (χ2n) is 4.10. The Morgan fingerprint density at radius 2 is 1.74 bits per heavy atom. The molecule has 0 spiro atoms. The molecular formula is C12H21NO6. The molecule has 0 aromatic carbocycles. The number of hydrogen-bond donors (Lipinski definition) is 0. The van der Waals surface area contributed by atoms with Crippen molar-refractivity contribution in [1.29, 1.82) is 0 Å². The summed E-state index contributed by atoms with van der Waals surface area (Å²) in [5, 5.41) is 9.02. The fourth-order valence-corrected chi connectivity index (χ4v) is 1.45. The van der Waals surface area contributed by atoms with Crippen molar-refractivity contribution in [3.05, 3.63) is 10.1 Å². The molecule has 7 heteroatoms. The van der Waals surface area contributed by atoms with E-state index in [1.807, 2.05) is 0 Å². The predicted octanol–water partition coefficient (Wildman–Crippen LogP) is 2.06. The van der Waals surface area contributed by atoms with Gasteiger partial charge in [-0.05, 0) is 32.1 Å². The Hall–Kier alpha value is -1.66. The largest absolute Gasteiger partial charge is 0.466 e. The van der Waals surface area contributed by atoms with Crippen LogP contribution in [0.1, 0.15) is 51.4 Å². The minimum absolute atomic E-state index is 0.0682. The van der Waals surface area contributed by atoms with Gasteiger partial charge in [-0.1, -0.05) is 6.42 Å². The van der Waals surface area contributed by atoms with E-state index < -0.39 is 5.09 Å². The van der Waals surface area contributed by atoms with Crippen LogP contribution < -0.4 is 0 Å². The number of unbranched alkanes of at least 4 members (excludes halogenated alkanes) is 5. The summed E-state index contributed by atoms with van der Waals surface area (Å²) in [5.41, 5.74) is 0. The third kappa shape index (κ3) is 14.3. The van der Waals surface area contributed by atoms with Crippen LogP contribution in [0.2, 0.25) is 0 Å². The molecule has 0 aliphatic rings. The Morgan fingerprint density at radius 3 is 2.42 bits per heavy atom. The molecule has 0 amide bonds. The molecule has 0 aliphatic carbocycles. The Morgan fingerprint density at radius 1 is 1.05 bits per heavy atom. The van der Waals surface area contributed by atoms with Crippen molar-refractivity contribution in [2.75, 3.05) is 13.2 Å². The summed E-state index contributed by atoms with van der Waals surface area (Å²) in [6.07, 6.45) is 6.15. The highest BCUT2D eigenvalue weighted by Crippen LogP contribution is 2.03. The van der Waals surface area contributed by atoms with Crippen molar-refractivity contribution in [1.82, 2.24) is 0 Å². The maximum atomic E-state index is 11.3. The SMILES string of the molecule is O=CCCCCCOC(=O)CCCCCO[N+](=O)[O-]. The van der Waals surface area contributed by atoms with Crippen molar-refractivity contribution < 1.29 is 24.3 Å². The minimum atomic E-state index is -0.821. The van der Waals surface area contributed by atoms with E-state index in [0.29, 0.717) is 38.7 Å². The van der Waals surface area contributed by atoms with Gasteiger partial charge in [0.15, 0.2) is 0 Å². The summed E-state index contributed by atoms with van der Waals surface area (Å²) in [7, 11) is 0. The third-order valence-corrected chi connectivity index (χ3v) is 2.45. The minimum Gasteiger partial charge on any atom is -0.466 e. The number of ether oxygens (including phenoxy) is 1. The number of esters is 1. The second-order valence-corrected chi connectivity index (χ2v) is 4.10. The Balaban J connectivity index is 3.21. The standard InChI is InChI=1S/C12H21NO6/c14-9-5-1-2-6-10-18-12(15)8-4-3-7-11-19-13(16)17/h9H,1-8,10-11H2. The van der Waals surface area contributed by atoms with Crippen LogP contribution in [0.5, 0.6) is 0 Å². The van der Waals surface area contributed by atoms with E-state index in [2.05, 4.69) is 4.84 Å². The fraction of sp³-hybridized carbons (Fsp3) is 0.833. The van der Waals surface area contributed by atoms with Gasteiger partial charge in [0.1, 0.15) is 6.29 Å². The molecule has 110 valence electrons. The number of nitrogens with zero attached hydrogens (tertiary/aromatic N) is 1. The zero-order chi connectivity index (χ0) is 14.3. The highest BCUT2D eigenvalue weighted by Gasteiger charge is 2.02. The lowest BCUT2D eigenvalue weighted by molar-refractivity contribution is -0.757. The van der Waals surface area contributed by atoms with Gasteiger partial charge in [0.05, 0.1) is 13.2 Å². The molecule has 0 aromatic heterocycles. The normalized spacial score (nSPS) is 9.89. The van der Waals surface area contributed by atoms with Crippen molar-refractivity contribution >= 4 is 12.3 Å². The van der Waals surface area contributed by atoms with Gasteiger partial charge in [0.2, 0.25) is 0 Å². The van der Waals surface area contributed by atoms with E-state index in [-0.39, 0.29) is 12.6 Å². The smallest absolute Gasteiger partial charge is 0.305 e. The van der Waals surface area contributed by atoms with Crippen molar-refractivity contribution in [3.8, 4) is 0 Å². The van der Waals surface area contributed by atoms with E-state index in [4.69, 9.17) is 4.74 Å². The zero-order valence-corrected chi connectivity index (χ0v) is 11.0. The highest BCUT2D eigenvalue weighted by molar-refractivity contribution is 5.69. The molecule has 0 aromatic rings. The number of hydrogen-bond acceptors (Lipinski definition) is 6. The molecule has 0 N–H and O–H groups in total. The van der Waals surface area contributed by atoms with E-state index in [1.165, 1.54) is 0 Å². The summed E-state index contributed by atoms with van der Waals surface area (Å²) in [6, 6.07) is 0. The Labute approximate surface area is 112 Å². The van der Waals surface area contributed by atoms with Gasteiger partial charge in [0, 0.05) is 12.8 Å². The Bertz CT molecular complexity index is 269. The summed E-state index contributed by atoms with van der Waals surface area (Å²) in [5.74, 6) is -0.245. The average molecular weight is 275 g/mol. The van der Waals surface area contributed by atoms with Crippen molar-refractivity contribution in [2.24, 2.45) is 0 Å². The van der Waals surface area contributed by atoms with Gasteiger partial charge in [-0.15, -0.1) is 10.1 Å². The fourth-order valence-electron chi connectivity index (χ4n) is 1.45. The first-order chi connectivity index (χ1) is 9.16. The van der Waals surface area contributed by atoms with Crippen LogP contribution in [0.15, 0.2) is 0 Å². The maximum Gasteiger partial charge on any atom is 0.305 e. The first-order valence-electron chi connectivity index (χ1n) is 6.53. The third-order valence-electron chi connectivity index (χ3n) is 2.45. The monoisotopic (exact) mass is 275 g/mol. The van der Waals surface area contributed by atoms with Crippen LogP contribution in [0.4, 0.5) is 0 Å². The molecule has 0 rings (SSSR count). The second kappa shape index (κ2) is 12.8. The topological polar surface area (TPSA) is 95.7 Å². The molecule has 0 aliphatic heterocycles. The number of carbonyl (C=O) groups excluding carboxylic acids is 2. The molecule has 7 nitrogen and oxygen atoms in total. The van der Waals surface area contributed by atoms with Gasteiger partial charge in [-0.2, -0.15) is 0 Å². The lowest BCUT2D eigenvalue weighted by atomic mass is 10.2. The molecule has 0 heterocycles. The van der Waals surface area contributed by atoms with Crippen LogP contribution in [0.25, 0.3) is 0 Å². The zero-order valence-electron chi connectivity index (χ0n) is 11.0. The molecule has 0 bridgehead atoms. The number of carbonyl (C=O) groups is 2. The number of aldehydes is 1. The molecule has 0 saturated heterocycles. The van der Waals surface area contributed by atoms with Gasteiger partial charge >= 0.3 is 5.97 Å². The van der Waals surface area contributed by atoms with Gasteiger partial charge in [0.25, 0.3) is 5.09 Å². The van der Waals surface area contributed by atoms with E-state index in [0.717, 1.165) is 25.5 Å². The summed E-state index contributed by atoms with van der Waals surface area (Å²) in [6.45, 7) is 0.459. The van der Waals surface area contributed by atoms with Crippen molar-refractivity contribution in [3.63, 3.8) is 0 Å². The molecule has 0 atom stereocenters. The van der Waals surface area contributed by atoms with Crippen molar-refractivity contribution in [2.45, 2.75) is 51.4 Å². The molecular weight excluding hydrogens is 254 g/mol. The van der Waals surface area contributed by atoms with Gasteiger partial charge in [-0.25, -0.2) is 0 Å². The molecule has 0 saturated carbocycles. The van der Waals surface area contributed by atoms with E-state index in [1.54, 1.807) is 0 Å². The lowest BCUT2D eigenvalue weighted by Gasteiger charge is -2.04. The van der Waals surface area contributed by atoms with Crippen LogP contribution in [0, 0.1) is 10.1 Å². The summed E-state index contributed by atoms with van der Waals surface area (Å²) in [4.78, 5) is 35.3. The Kier molecular flexibility index (Phi) is 11.7. The maximum absolute atomic E-state index is 11.3. The van der Waals surface area contributed by atoms with Crippen LogP contribution in [0.3, 0.4) is 0 Å². The summed E-state index contributed by atoms with van der Waals surface area (Å²) >= 11 is 0. The average Bonchev–Trinajstić information content (AvgIpc) is 2.37. The lowest BCUT2D eigenvalue weighted by Crippen LogP contribution is -2.06. The van der Waals surface area contributed by atoms with Crippen LogP contribution >= 0.6 is 0 Å². The highest BCUT2D eigenvalue weighted by atomic mass is 16.9.